The largest absolute Gasteiger partial charge is 0.345 e. The normalized spacial score (nSPS) is 10.8. The summed E-state index contributed by atoms with van der Waals surface area (Å²) < 4.78 is 2.17. The van der Waals surface area contributed by atoms with Crippen LogP contribution in [-0.2, 0) is 30.8 Å². The average molecular weight is 443 g/mol. The topological polar surface area (TPSA) is 25.2 Å². The number of halogens is 1. The van der Waals surface area contributed by atoms with Gasteiger partial charge in [-0.2, -0.15) is 0 Å². The summed E-state index contributed by atoms with van der Waals surface area (Å²) in [6, 6.07) is 32.4. The minimum Gasteiger partial charge on any atom is -0.345 e. The lowest BCUT2D eigenvalue weighted by Gasteiger charge is -2.24. The number of rotatable bonds is 9. The van der Waals surface area contributed by atoms with Crippen LogP contribution in [-0.4, -0.2) is 15.4 Å². The summed E-state index contributed by atoms with van der Waals surface area (Å²) in [5, 5.41) is 0.757. The van der Waals surface area contributed by atoms with Crippen molar-refractivity contribution in [1.82, 2.24) is 9.47 Å². The molecule has 4 aromatic rings. The molecule has 0 aliphatic carbocycles. The molecule has 0 fully saturated rings. The van der Waals surface area contributed by atoms with Crippen LogP contribution in [0.15, 0.2) is 103 Å². The van der Waals surface area contributed by atoms with Crippen molar-refractivity contribution < 1.29 is 4.79 Å². The Kier molecular flexibility index (Phi) is 7.42. The van der Waals surface area contributed by atoms with Crippen LogP contribution in [0.3, 0.4) is 0 Å². The summed E-state index contributed by atoms with van der Waals surface area (Å²) in [6.45, 7) is 1.82. The fourth-order valence-corrected chi connectivity index (χ4v) is 4.04. The molecular weight excluding hydrogens is 416 g/mol. The van der Waals surface area contributed by atoms with Crippen molar-refractivity contribution in [3.05, 3.63) is 131 Å². The highest BCUT2D eigenvalue weighted by Gasteiger charge is 2.17. The van der Waals surface area contributed by atoms with Crippen molar-refractivity contribution in [1.29, 1.82) is 0 Å². The number of amides is 1. The smallest absolute Gasteiger partial charge is 0.223 e. The van der Waals surface area contributed by atoms with Gasteiger partial charge in [-0.3, -0.25) is 4.79 Å². The molecule has 1 heterocycles. The fraction of sp³-hybridized carbons (Fsp3) is 0.179. The number of hydrogen-bond acceptors (Lipinski definition) is 1. The summed E-state index contributed by atoms with van der Waals surface area (Å²) in [7, 11) is 0. The lowest BCUT2D eigenvalue weighted by atomic mass is 10.1. The van der Waals surface area contributed by atoms with Crippen LogP contribution >= 0.6 is 11.6 Å². The Labute approximate surface area is 194 Å². The van der Waals surface area contributed by atoms with Crippen LogP contribution in [0, 0.1) is 0 Å². The van der Waals surface area contributed by atoms with Crippen LogP contribution in [0.2, 0.25) is 5.02 Å². The third-order valence-corrected chi connectivity index (χ3v) is 5.98. The van der Waals surface area contributed by atoms with Crippen molar-refractivity contribution in [2.75, 3.05) is 0 Å². The highest BCUT2D eigenvalue weighted by Crippen LogP contribution is 2.19. The van der Waals surface area contributed by atoms with E-state index in [0.29, 0.717) is 26.1 Å². The Morgan fingerprint density at radius 3 is 2.12 bits per heavy atom. The van der Waals surface area contributed by atoms with Crippen molar-refractivity contribution in [2.45, 2.75) is 32.5 Å². The van der Waals surface area contributed by atoms with Gasteiger partial charge in [-0.1, -0.05) is 90.5 Å². The standard InChI is InChI=1S/C28H27ClN2O/c29-27-16-8-7-14-25(27)21-30-19-9-15-26(30)22-31(20-24-12-5-2-6-13-24)28(32)18-17-23-10-3-1-4-11-23/h1-16,19H,17-18,20-22H2. The second-order valence-electron chi connectivity index (χ2n) is 7.94. The van der Waals surface area contributed by atoms with Crippen molar-refractivity contribution in [3.8, 4) is 0 Å². The summed E-state index contributed by atoms with van der Waals surface area (Å²) in [4.78, 5) is 15.2. The van der Waals surface area contributed by atoms with Crippen LogP contribution in [0.4, 0.5) is 0 Å². The molecule has 0 aliphatic heterocycles. The second kappa shape index (κ2) is 10.8. The molecule has 3 nitrogen and oxygen atoms in total. The molecule has 162 valence electrons. The van der Waals surface area contributed by atoms with Gasteiger partial charge in [0.25, 0.3) is 0 Å². The van der Waals surface area contributed by atoms with Crippen molar-refractivity contribution in [3.63, 3.8) is 0 Å². The molecule has 0 bridgehead atoms. The molecule has 0 N–H and O–H groups in total. The van der Waals surface area contributed by atoms with E-state index in [-0.39, 0.29) is 5.91 Å². The van der Waals surface area contributed by atoms with Gasteiger partial charge in [0.1, 0.15) is 0 Å². The first-order valence-electron chi connectivity index (χ1n) is 10.9. The van der Waals surface area contributed by atoms with Crippen molar-refractivity contribution in [2.24, 2.45) is 0 Å². The number of aryl methyl sites for hydroxylation is 1. The summed E-state index contributed by atoms with van der Waals surface area (Å²) in [5.74, 6) is 0.156. The van der Waals surface area contributed by atoms with E-state index in [1.54, 1.807) is 0 Å². The van der Waals surface area contributed by atoms with E-state index in [1.807, 2.05) is 77.8 Å². The Morgan fingerprint density at radius 2 is 1.41 bits per heavy atom. The minimum absolute atomic E-state index is 0.156. The molecular formula is C28H27ClN2O. The molecule has 0 spiro atoms. The molecule has 0 saturated carbocycles. The molecule has 3 aromatic carbocycles. The van der Waals surface area contributed by atoms with E-state index < -0.39 is 0 Å². The van der Waals surface area contributed by atoms with E-state index >= 15 is 0 Å². The SMILES string of the molecule is O=C(CCc1ccccc1)N(Cc1ccccc1)Cc1cccn1Cc1ccccc1Cl. The van der Waals surface area contributed by atoms with Crippen molar-refractivity contribution >= 4 is 17.5 Å². The first kappa shape index (κ1) is 21.9. The first-order chi connectivity index (χ1) is 15.7. The third-order valence-electron chi connectivity index (χ3n) is 5.61. The highest BCUT2D eigenvalue weighted by molar-refractivity contribution is 6.31. The summed E-state index contributed by atoms with van der Waals surface area (Å²) in [5.41, 5.74) is 4.47. The Hall–Kier alpha value is -3.30. The maximum atomic E-state index is 13.3. The number of benzene rings is 3. The minimum atomic E-state index is 0.156. The molecule has 4 rings (SSSR count). The average Bonchev–Trinajstić information content (AvgIpc) is 3.26. The zero-order valence-corrected chi connectivity index (χ0v) is 18.8. The number of carbonyl (C=O) groups excluding carboxylic acids is 1. The second-order valence-corrected chi connectivity index (χ2v) is 8.35. The van der Waals surface area contributed by atoms with Gasteiger partial charge in [-0.15, -0.1) is 0 Å². The van der Waals surface area contributed by atoms with E-state index in [2.05, 4.69) is 34.9 Å². The van der Waals surface area contributed by atoms with E-state index in [1.165, 1.54) is 5.56 Å². The molecule has 1 aromatic heterocycles. The Bertz CT molecular complexity index is 1140. The van der Waals surface area contributed by atoms with Crippen LogP contribution in [0.5, 0.6) is 0 Å². The maximum absolute atomic E-state index is 13.3. The van der Waals surface area contributed by atoms with Gasteiger partial charge in [-0.05, 0) is 41.3 Å². The summed E-state index contributed by atoms with van der Waals surface area (Å²) >= 11 is 6.38. The van der Waals surface area contributed by atoms with Gasteiger partial charge in [0.2, 0.25) is 5.91 Å². The van der Waals surface area contributed by atoms with Gasteiger partial charge in [0.05, 0.1) is 6.54 Å². The maximum Gasteiger partial charge on any atom is 0.223 e. The molecule has 4 heteroatoms. The lowest BCUT2D eigenvalue weighted by molar-refractivity contribution is -0.132. The zero-order chi connectivity index (χ0) is 22.2. The fourth-order valence-electron chi connectivity index (χ4n) is 3.84. The van der Waals surface area contributed by atoms with Gasteiger partial charge in [-0.25, -0.2) is 0 Å². The van der Waals surface area contributed by atoms with E-state index in [0.717, 1.165) is 28.3 Å². The van der Waals surface area contributed by atoms with Gasteiger partial charge < -0.3 is 9.47 Å². The molecule has 1 amide bonds. The molecule has 32 heavy (non-hydrogen) atoms. The molecule has 0 atom stereocenters. The molecule has 0 aliphatic rings. The molecule has 0 saturated heterocycles. The number of nitrogens with zero attached hydrogens (tertiary/aromatic N) is 2. The monoisotopic (exact) mass is 442 g/mol. The van der Waals surface area contributed by atoms with E-state index in [9.17, 15) is 4.79 Å². The predicted molar refractivity (Wildman–Crippen MR) is 130 cm³/mol. The molecule has 0 unspecified atom stereocenters. The number of aromatic nitrogens is 1. The molecule has 0 radical (unpaired) electrons. The van der Waals surface area contributed by atoms with Crippen LogP contribution < -0.4 is 0 Å². The number of carbonyl (C=O) groups is 1. The number of hydrogen-bond donors (Lipinski definition) is 0. The van der Waals surface area contributed by atoms with Crippen LogP contribution in [0.25, 0.3) is 0 Å². The van der Waals surface area contributed by atoms with Crippen LogP contribution in [0.1, 0.15) is 28.8 Å². The quantitative estimate of drug-likeness (QED) is 0.296. The predicted octanol–water partition coefficient (Wildman–Crippen LogP) is 6.35. The highest BCUT2D eigenvalue weighted by atomic mass is 35.5. The van der Waals surface area contributed by atoms with Gasteiger partial charge in [0.15, 0.2) is 0 Å². The summed E-state index contributed by atoms with van der Waals surface area (Å²) in [6.07, 6.45) is 3.28. The lowest BCUT2D eigenvalue weighted by Crippen LogP contribution is -2.31. The first-order valence-corrected chi connectivity index (χ1v) is 11.3. The zero-order valence-electron chi connectivity index (χ0n) is 18.0. The Balaban J connectivity index is 1.51. The van der Waals surface area contributed by atoms with E-state index in [4.69, 9.17) is 11.6 Å². The third kappa shape index (κ3) is 5.89. The van der Waals surface area contributed by atoms with Gasteiger partial charge >= 0.3 is 0 Å². The van der Waals surface area contributed by atoms with Gasteiger partial charge in [0, 0.05) is 36.4 Å². The Morgan fingerprint density at radius 1 is 0.750 bits per heavy atom.